The van der Waals surface area contributed by atoms with E-state index in [9.17, 15) is 26.4 Å². The molecule has 0 atom stereocenters. The molecule has 4 rings (SSSR count). The minimum absolute atomic E-state index is 0.0980. The van der Waals surface area contributed by atoms with Crippen molar-refractivity contribution in [2.75, 3.05) is 7.11 Å². The summed E-state index contributed by atoms with van der Waals surface area (Å²) >= 11 is 0. The highest BCUT2D eigenvalue weighted by Crippen LogP contribution is 2.34. The Labute approximate surface area is 196 Å². The molecule has 4 aromatic rings. The van der Waals surface area contributed by atoms with Gasteiger partial charge in [-0.05, 0) is 35.9 Å². The van der Waals surface area contributed by atoms with Crippen molar-refractivity contribution in [3.05, 3.63) is 72.1 Å². The van der Waals surface area contributed by atoms with Gasteiger partial charge in [0.25, 0.3) is 5.91 Å². The summed E-state index contributed by atoms with van der Waals surface area (Å²) in [5, 5.41) is 9.91. The molecule has 0 bridgehead atoms. The van der Waals surface area contributed by atoms with E-state index in [2.05, 4.69) is 25.2 Å². The van der Waals surface area contributed by atoms with E-state index >= 15 is 0 Å². The first-order valence-corrected chi connectivity index (χ1v) is 11.4. The number of halogens is 3. The van der Waals surface area contributed by atoms with E-state index in [1.165, 1.54) is 43.8 Å². The molecule has 0 saturated heterocycles. The molecule has 2 heterocycles. The standard InChI is InChI=1S/C22H17F3N4O5S/c1-33-18-7-4-16(34-22(23,24)25)9-19(18)35(31,32)17-5-2-13(3-6-17)10-27-21(30)15-8-14-12-28-29-20(14)26-11-15/h2-9,11-12H,10H2,1H3,(H,27,30)(H,26,28,29). The minimum atomic E-state index is -4.98. The molecule has 0 aliphatic rings. The summed E-state index contributed by atoms with van der Waals surface area (Å²) < 4.78 is 72.7. The molecule has 35 heavy (non-hydrogen) atoms. The molecule has 0 radical (unpaired) electrons. The largest absolute Gasteiger partial charge is 0.573 e. The monoisotopic (exact) mass is 506 g/mol. The fourth-order valence-electron chi connectivity index (χ4n) is 3.22. The molecule has 13 heteroatoms. The van der Waals surface area contributed by atoms with Crippen molar-refractivity contribution in [3.63, 3.8) is 0 Å². The number of alkyl halides is 3. The zero-order chi connectivity index (χ0) is 25.2. The van der Waals surface area contributed by atoms with Gasteiger partial charge >= 0.3 is 6.36 Å². The summed E-state index contributed by atoms with van der Waals surface area (Å²) in [6.07, 6.45) is -2.05. The predicted octanol–water partition coefficient (Wildman–Crippen LogP) is 3.63. The lowest BCUT2D eigenvalue weighted by molar-refractivity contribution is -0.274. The molecular weight excluding hydrogens is 489 g/mol. The van der Waals surface area contributed by atoms with E-state index in [1.54, 1.807) is 6.07 Å². The van der Waals surface area contributed by atoms with Gasteiger partial charge in [-0.15, -0.1) is 13.2 Å². The summed E-state index contributed by atoms with van der Waals surface area (Å²) in [7, 11) is -3.04. The van der Waals surface area contributed by atoms with Crippen molar-refractivity contribution in [2.45, 2.75) is 22.7 Å². The second kappa shape index (κ2) is 9.25. The van der Waals surface area contributed by atoms with Crippen molar-refractivity contribution >= 4 is 26.8 Å². The average Bonchev–Trinajstić information content (AvgIpc) is 3.30. The van der Waals surface area contributed by atoms with E-state index in [1.807, 2.05) is 0 Å². The van der Waals surface area contributed by atoms with Crippen molar-refractivity contribution in [1.29, 1.82) is 0 Å². The second-order valence-electron chi connectivity index (χ2n) is 7.22. The Bertz CT molecular complexity index is 1490. The Hall–Kier alpha value is -4.13. The molecule has 2 N–H and O–H groups in total. The van der Waals surface area contributed by atoms with Crippen LogP contribution in [-0.4, -0.2) is 43.0 Å². The zero-order valence-corrected chi connectivity index (χ0v) is 18.8. The summed E-state index contributed by atoms with van der Waals surface area (Å²) in [6.45, 7) is 0.0980. The van der Waals surface area contributed by atoms with Gasteiger partial charge in [0.05, 0.1) is 23.8 Å². The van der Waals surface area contributed by atoms with Gasteiger partial charge in [-0.1, -0.05) is 12.1 Å². The molecule has 2 aromatic heterocycles. The fraction of sp³-hybridized carbons (Fsp3) is 0.136. The molecule has 182 valence electrons. The number of fused-ring (bicyclic) bond motifs is 1. The van der Waals surface area contributed by atoms with Gasteiger partial charge in [0.15, 0.2) is 5.65 Å². The van der Waals surface area contributed by atoms with E-state index in [-0.39, 0.29) is 23.1 Å². The van der Waals surface area contributed by atoms with E-state index in [0.717, 1.165) is 18.2 Å². The maximum Gasteiger partial charge on any atom is 0.573 e. The quantitative estimate of drug-likeness (QED) is 0.392. The molecule has 0 saturated carbocycles. The molecule has 9 nitrogen and oxygen atoms in total. The summed E-state index contributed by atoms with van der Waals surface area (Å²) in [5.41, 5.74) is 1.47. The van der Waals surface area contributed by atoms with Crippen LogP contribution in [0.15, 0.2) is 70.7 Å². The predicted molar refractivity (Wildman–Crippen MR) is 117 cm³/mol. The SMILES string of the molecule is COc1ccc(OC(F)(F)F)cc1S(=O)(=O)c1ccc(CNC(=O)c2cnc3[nH]ncc3c2)cc1. The Morgan fingerprint density at radius 1 is 1.09 bits per heavy atom. The van der Waals surface area contributed by atoms with Gasteiger partial charge in [-0.3, -0.25) is 9.89 Å². The molecule has 1 amide bonds. The van der Waals surface area contributed by atoms with Gasteiger partial charge in [-0.2, -0.15) is 5.10 Å². The van der Waals surface area contributed by atoms with Crippen LogP contribution >= 0.6 is 0 Å². The van der Waals surface area contributed by atoms with E-state index in [4.69, 9.17) is 4.74 Å². The summed E-state index contributed by atoms with van der Waals surface area (Å²) in [6, 6.07) is 9.94. The van der Waals surface area contributed by atoms with Crippen molar-refractivity contribution in [2.24, 2.45) is 0 Å². The van der Waals surface area contributed by atoms with Crippen LogP contribution < -0.4 is 14.8 Å². The average molecular weight is 506 g/mol. The number of carbonyl (C=O) groups is 1. The number of rotatable bonds is 7. The number of nitrogens with zero attached hydrogens (tertiary/aromatic N) is 2. The molecule has 0 aliphatic carbocycles. The molecule has 2 aromatic carbocycles. The van der Waals surface area contributed by atoms with Crippen LogP contribution in [0.4, 0.5) is 13.2 Å². The number of nitrogens with one attached hydrogen (secondary N) is 2. The third kappa shape index (κ3) is 5.35. The van der Waals surface area contributed by atoms with Crippen LogP contribution in [0.5, 0.6) is 11.5 Å². The maximum atomic E-state index is 13.1. The topological polar surface area (TPSA) is 123 Å². The van der Waals surface area contributed by atoms with E-state index in [0.29, 0.717) is 22.2 Å². The third-order valence-corrected chi connectivity index (χ3v) is 6.69. The first-order chi connectivity index (χ1) is 16.6. The van der Waals surface area contributed by atoms with Gasteiger partial charge < -0.3 is 14.8 Å². The first kappa shape index (κ1) is 24.0. The number of H-pyrrole nitrogens is 1. The lowest BCUT2D eigenvalue weighted by Crippen LogP contribution is -2.22. The number of sulfone groups is 1. The first-order valence-electron chi connectivity index (χ1n) is 9.92. The summed E-state index contributed by atoms with van der Waals surface area (Å²) in [5.74, 6) is -1.22. The number of aromatic nitrogens is 3. The van der Waals surface area contributed by atoms with Gasteiger partial charge in [-0.25, -0.2) is 13.4 Å². The number of ether oxygens (including phenoxy) is 2. The van der Waals surface area contributed by atoms with Crippen LogP contribution in [0.1, 0.15) is 15.9 Å². The number of benzene rings is 2. The minimum Gasteiger partial charge on any atom is -0.495 e. The van der Waals surface area contributed by atoms with Crippen LogP contribution in [0.25, 0.3) is 11.0 Å². The number of hydrogen-bond donors (Lipinski definition) is 2. The number of methoxy groups -OCH3 is 1. The molecule has 0 spiro atoms. The van der Waals surface area contributed by atoms with Gasteiger partial charge in [0.2, 0.25) is 9.84 Å². The smallest absolute Gasteiger partial charge is 0.495 e. The Morgan fingerprint density at radius 3 is 2.51 bits per heavy atom. The normalized spacial score (nSPS) is 11.9. The number of pyridine rings is 1. The third-order valence-electron chi connectivity index (χ3n) is 4.90. The Kier molecular flexibility index (Phi) is 6.35. The Morgan fingerprint density at radius 2 is 1.83 bits per heavy atom. The van der Waals surface area contributed by atoms with Crippen LogP contribution in [-0.2, 0) is 16.4 Å². The lowest BCUT2D eigenvalue weighted by Gasteiger charge is -2.14. The van der Waals surface area contributed by atoms with Crippen molar-refractivity contribution < 1.29 is 35.9 Å². The van der Waals surface area contributed by atoms with Gasteiger partial charge in [0.1, 0.15) is 16.4 Å². The molecular formula is C22H17F3N4O5S. The van der Waals surface area contributed by atoms with E-state index < -0.39 is 26.8 Å². The highest BCUT2D eigenvalue weighted by molar-refractivity contribution is 7.91. The highest BCUT2D eigenvalue weighted by Gasteiger charge is 2.32. The van der Waals surface area contributed by atoms with Crippen LogP contribution in [0.2, 0.25) is 0 Å². The zero-order valence-electron chi connectivity index (χ0n) is 18.0. The fourth-order valence-corrected chi connectivity index (χ4v) is 4.66. The maximum absolute atomic E-state index is 13.1. The van der Waals surface area contributed by atoms with Crippen molar-refractivity contribution in [3.8, 4) is 11.5 Å². The molecule has 0 aliphatic heterocycles. The Balaban J connectivity index is 1.50. The number of carbonyl (C=O) groups excluding carboxylic acids is 1. The second-order valence-corrected chi connectivity index (χ2v) is 9.14. The number of hydrogen-bond acceptors (Lipinski definition) is 7. The van der Waals surface area contributed by atoms with Crippen molar-refractivity contribution in [1.82, 2.24) is 20.5 Å². The molecule has 0 unspecified atom stereocenters. The lowest BCUT2D eigenvalue weighted by atomic mass is 10.2. The number of amides is 1. The number of aromatic amines is 1. The van der Waals surface area contributed by atoms with Gasteiger partial charge in [0, 0.05) is 24.2 Å². The van der Waals surface area contributed by atoms with Crippen LogP contribution in [0.3, 0.4) is 0 Å². The summed E-state index contributed by atoms with van der Waals surface area (Å²) in [4.78, 5) is 15.9. The molecule has 0 fully saturated rings. The highest BCUT2D eigenvalue weighted by atomic mass is 32.2. The van der Waals surface area contributed by atoms with Crippen LogP contribution in [0, 0.1) is 0 Å².